The maximum absolute atomic E-state index is 12.8. The third-order valence-electron chi connectivity index (χ3n) is 6.40. The Morgan fingerprint density at radius 3 is 1.67 bits per heavy atom. The van der Waals surface area contributed by atoms with Crippen LogP contribution in [0.3, 0.4) is 0 Å². The van der Waals surface area contributed by atoms with Gasteiger partial charge in [-0.1, -0.05) is 20.8 Å². The Morgan fingerprint density at radius 1 is 0.778 bits per heavy atom. The van der Waals surface area contributed by atoms with Crippen molar-refractivity contribution in [2.75, 3.05) is 6.54 Å². The van der Waals surface area contributed by atoms with Crippen LogP contribution in [0.5, 0.6) is 0 Å². The number of carbonyl (C=O) groups is 2. The van der Waals surface area contributed by atoms with Crippen molar-refractivity contribution < 1.29 is 35.9 Å². The minimum atomic E-state index is -4.49. The highest BCUT2D eigenvalue weighted by atomic mass is 19.4. The molecule has 2 amide bonds. The molecule has 3 rings (SSSR count). The lowest BCUT2D eigenvalue weighted by Crippen LogP contribution is -2.50. The third kappa shape index (κ3) is 7.01. The van der Waals surface area contributed by atoms with Gasteiger partial charge in [0.1, 0.15) is 0 Å². The van der Waals surface area contributed by atoms with E-state index in [9.17, 15) is 35.9 Å². The number of benzene rings is 2. The Bertz CT molecular complexity index is 1090. The van der Waals surface area contributed by atoms with E-state index in [1.165, 1.54) is 0 Å². The number of rotatable bonds is 5. The van der Waals surface area contributed by atoms with Crippen LogP contribution in [0.4, 0.5) is 26.3 Å². The van der Waals surface area contributed by atoms with Gasteiger partial charge in [0.25, 0.3) is 11.8 Å². The van der Waals surface area contributed by atoms with E-state index >= 15 is 0 Å². The molecule has 0 saturated heterocycles. The molecule has 1 fully saturated rings. The van der Waals surface area contributed by atoms with Crippen LogP contribution in [0.1, 0.15) is 71.9 Å². The maximum atomic E-state index is 12.8. The van der Waals surface area contributed by atoms with Crippen LogP contribution in [0.2, 0.25) is 0 Å². The summed E-state index contributed by atoms with van der Waals surface area (Å²) in [6.07, 6.45) is -7.11. The quantitative estimate of drug-likeness (QED) is 0.450. The molecule has 4 nitrogen and oxygen atoms in total. The minimum Gasteiger partial charge on any atom is -0.351 e. The third-order valence-corrected chi connectivity index (χ3v) is 6.40. The molecular weight excluding hydrogens is 486 g/mol. The molecule has 2 unspecified atom stereocenters. The maximum Gasteiger partial charge on any atom is 0.416 e. The zero-order chi connectivity index (χ0) is 26.9. The van der Waals surface area contributed by atoms with Crippen molar-refractivity contribution in [3.8, 4) is 0 Å². The van der Waals surface area contributed by atoms with Gasteiger partial charge in [-0.3, -0.25) is 9.59 Å². The number of alkyl halides is 6. The lowest BCUT2D eigenvalue weighted by molar-refractivity contribution is -0.138. The van der Waals surface area contributed by atoms with Gasteiger partial charge in [0.2, 0.25) is 0 Å². The summed E-state index contributed by atoms with van der Waals surface area (Å²) in [5, 5.41) is 5.70. The van der Waals surface area contributed by atoms with Crippen molar-refractivity contribution >= 4 is 11.8 Å². The van der Waals surface area contributed by atoms with Gasteiger partial charge in [-0.2, -0.15) is 26.3 Å². The molecule has 2 N–H and O–H groups in total. The highest BCUT2D eigenvalue weighted by Gasteiger charge is 2.42. The molecule has 0 spiro atoms. The van der Waals surface area contributed by atoms with E-state index in [4.69, 9.17) is 0 Å². The van der Waals surface area contributed by atoms with Crippen LogP contribution in [0, 0.1) is 10.8 Å². The molecule has 0 radical (unpaired) electrons. The van der Waals surface area contributed by atoms with Crippen molar-refractivity contribution in [1.29, 1.82) is 0 Å². The van der Waals surface area contributed by atoms with Crippen molar-refractivity contribution in [2.24, 2.45) is 10.8 Å². The lowest BCUT2D eigenvalue weighted by atomic mass is 9.62. The molecule has 0 aliphatic heterocycles. The molecule has 2 atom stereocenters. The second-order valence-corrected chi connectivity index (χ2v) is 10.6. The normalized spacial score (nSPS) is 22.1. The van der Waals surface area contributed by atoms with Crippen LogP contribution >= 0.6 is 0 Å². The predicted molar refractivity (Wildman–Crippen MR) is 122 cm³/mol. The Kier molecular flexibility index (Phi) is 7.49. The number of halogens is 6. The standard InChI is InChI=1S/C26H28F6N2O2/c1-23(2)12-20(34-22(36)17-6-10-19(11-7-17)26(30,31)32)13-24(3,14-23)15-33-21(35)16-4-8-18(9-5-16)25(27,28)29/h4-11,20H,12-15H2,1-3H3,(H,33,35)(H,34,36). The van der Waals surface area contributed by atoms with E-state index in [2.05, 4.69) is 10.6 Å². The second-order valence-electron chi connectivity index (χ2n) is 10.6. The highest BCUT2D eigenvalue weighted by Crippen LogP contribution is 2.46. The van der Waals surface area contributed by atoms with E-state index in [0.717, 1.165) is 55.0 Å². The van der Waals surface area contributed by atoms with Gasteiger partial charge >= 0.3 is 12.4 Å². The Balaban J connectivity index is 1.64. The molecular formula is C26H28F6N2O2. The van der Waals surface area contributed by atoms with E-state index in [0.29, 0.717) is 12.8 Å². The summed E-state index contributed by atoms with van der Waals surface area (Å²) >= 11 is 0. The van der Waals surface area contributed by atoms with Gasteiger partial charge < -0.3 is 10.6 Å². The van der Waals surface area contributed by atoms with Gasteiger partial charge in [-0.05, 0) is 78.6 Å². The summed E-state index contributed by atoms with van der Waals surface area (Å²) in [5.74, 6) is -0.985. The number of hydrogen-bond acceptors (Lipinski definition) is 2. The Hall–Kier alpha value is -3.04. The molecule has 1 aliphatic rings. The van der Waals surface area contributed by atoms with Crippen molar-refractivity contribution in [3.05, 3.63) is 70.8 Å². The monoisotopic (exact) mass is 514 g/mol. The molecule has 0 aromatic heterocycles. The molecule has 0 heterocycles. The topological polar surface area (TPSA) is 58.2 Å². The number of nitrogens with one attached hydrogen (secondary N) is 2. The van der Waals surface area contributed by atoms with Crippen molar-refractivity contribution in [3.63, 3.8) is 0 Å². The van der Waals surface area contributed by atoms with E-state index in [1.54, 1.807) is 0 Å². The van der Waals surface area contributed by atoms with Gasteiger partial charge in [-0.25, -0.2) is 0 Å². The average molecular weight is 515 g/mol. The van der Waals surface area contributed by atoms with Gasteiger partial charge in [-0.15, -0.1) is 0 Å². The summed E-state index contributed by atoms with van der Waals surface area (Å²) in [7, 11) is 0. The molecule has 2 aromatic rings. The van der Waals surface area contributed by atoms with Crippen LogP contribution < -0.4 is 10.6 Å². The first-order valence-electron chi connectivity index (χ1n) is 11.4. The first-order chi connectivity index (χ1) is 16.5. The zero-order valence-corrected chi connectivity index (χ0v) is 20.1. The number of carbonyl (C=O) groups excluding carboxylic acids is 2. The molecule has 196 valence electrons. The molecule has 1 saturated carbocycles. The predicted octanol–water partition coefficient (Wildman–Crippen LogP) is 6.47. The van der Waals surface area contributed by atoms with Gasteiger partial charge in [0.05, 0.1) is 11.1 Å². The van der Waals surface area contributed by atoms with Crippen LogP contribution in [-0.2, 0) is 12.4 Å². The fourth-order valence-corrected chi connectivity index (χ4v) is 5.16. The number of hydrogen-bond donors (Lipinski definition) is 2. The Labute approximate surface area is 205 Å². The van der Waals surface area contributed by atoms with E-state index in [-0.39, 0.29) is 29.1 Å². The van der Waals surface area contributed by atoms with Crippen LogP contribution in [0.25, 0.3) is 0 Å². The molecule has 1 aliphatic carbocycles. The SMILES string of the molecule is CC1(C)CC(NC(=O)c2ccc(C(F)(F)F)cc2)CC(C)(CNC(=O)c2ccc(C(F)(F)F)cc2)C1. The average Bonchev–Trinajstić information content (AvgIpc) is 2.75. The van der Waals surface area contributed by atoms with Crippen LogP contribution in [0.15, 0.2) is 48.5 Å². The number of amides is 2. The summed E-state index contributed by atoms with van der Waals surface area (Å²) in [5.41, 5.74) is -2.09. The molecule has 36 heavy (non-hydrogen) atoms. The van der Waals surface area contributed by atoms with Crippen molar-refractivity contribution in [2.45, 2.75) is 58.4 Å². The van der Waals surface area contributed by atoms with Gasteiger partial charge in [0.15, 0.2) is 0 Å². The second kappa shape index (κ2) is 9.78. The van der Waals surface area contributed by atoms with E-state index < -0.39 is 40.7 Å². The molecule has 0 bridgehead atoms. The van der Waals surface area contributed by atoms with Crippen LogP contribution in [-0.4, -0.2) is 24.4 Å². The summed E-state index contributed by atoms with van der Waals surface area (Å²) in [4.78, 5) is 25.3. The largest absolute Gasteiger partial charge is 0.416 e. The van der Waals surface area contributed by atoms with Crippen molar-refractivity contribution in [1.82, 2.24) is 10.6 Å². The first kappa shape index (κ1) is 27.5. The highest BCUT2D eigenvalue weighted by molar-refractivity contribution is 5.95. The summed E-state index contributed by atoms with van der Waals surface area (Å²) in [6.45, 7) is 6.25. The summed E-state index contributed by atoms with van der Waals surface area (Å²) in [6, 6.07) is 7.67. The van der Waals surface area contributed by atoms with E-state index in [1.807, 2.05) is 20.8 Å². The minimum absolute atomic E-state index is 0.105. The summed E-state index contributed by atoms with van der Waals surface area (Å²) < 4.78 is 76.7. The fourth-order valence-electron chi connectivity index (χ4n) is 5.16. The lowest BCUT2D eigenvalue weighted by Gasteiger charge is -2.47. The zero-order valence-electron chi connectivity index (χ0n) is 20.1. The Morgan fingerprint density at radius 2 is 1.22 bits per heavy atom. The van der Waals surface area contributed by atoms with Gasteiger partial charge in [0, 0.05) is 23.7 Å². The first-order valence-corrected chi connectivity index (χ1v) is 11.4. The fraction of sp³-hybridized carbons (Fsp3) is 0.462. The molecule has 10 heteroatoms. The molecule has 2 aromatic carbocycles. The smallest absolute Gasteiger partial charge is 0.351 e.